The quantitative estimate of drug-likeness (QED) is 0.155. The fourth-order valence-electron chi connectivity index (χ4n) is 11.6. The van der Waals surface area contributed by atoms with Gasteiger partial charge in [0, 0.05) is 0 Å². The van der Waals surface area contributed by atoms with Crippen molar-refractivity contribution in [2.24, 2.45) is 0 Å². The van der Waals surface area contributed by atoms with Crippen LogP contribution >= 0.6 is 0 Å². The van der Waals surface area contributed by atoms with E-state index in [0.717, 1.165) is 0 Å². The van der Waals surface area contributed by atoms with E-state index in [0.29, 0.717) is 0 Å². The molecule has 13 aromatic carbocycles. The molecule has 0 atom stereocenters. The first-order chi connectivity index (χ1) is 32.0. The Hall–Kier alpha value is -7.54. The van der Waals surface area contributed by atoms with Crippen molar-refractivity contribution < 1.29 is 0 Å². The van der Waals surface area contributed by atoms with Gasteiger partial charge < -0.3 is 0 Å². The molecule has 0 unspecified atom stereocenters. The average Bonchev–Trinajstić information content (AvgIpc) is 3.84. The molecule has 0 aliphatic heterocycles. The first kappa shape index (κ1) is 38.9. The van der Waals surface area contributed by atoms with Crippen LogP contribution in [0.2, 0.25) is 0 Å². The average molecular weight is 843 g/mol. The van der Waals surface area contributed by atoms with Gasteiger partial charge in [0.15, 0.2) is 0 Å². The van der Waals surface area contributed by atoms with Gasteiger partial charge in [-0.2, -0.15) is 0 Å². The largest absolute Gasteiger partial charge is 0.0622 e. The van der Waals surface area contributed by atoms with Crippen LogP contribution in [0.3, 0.4) is 0 Å². The number of hydrogen-bond donors (Lipinski definition) is 0. The smallest absolute Gasteiger partial charge is 0.000718 e. The van der Waals surface area contributed by atoms with Crippen molar-refractivity contribution in [2.75, 3.05) is 0 Å². The highest BCUT2D eigenvalue weighted by molar-refractivity contribution is 6.45. The van der Waals surface area contributed by atoms with Gasteiger partial charge in [0.2, 0.25) is 0 Å². The molecule has 0 saturated heterocycles. The Balaban J connectivity index is 1.22. The predicted octanol–water partition coefficient (Wildman–Crippen LogP) is 19.1. The first-order valence-electron chi connectivity index (χ1n) is 23.6. The third-order valence-corrected chi connectivity index (χ3v) is 14.8. The number of benzene rings is 11. The molecule has 13 rings (SSSR count). The van der Waals surface area contributed by atoms with Crippen molar-refractivity contribution in [3.05, 3.63) is 205 Å². The lowest BCUT2D eigenvalue weighted by Crippen LogP contribution is -2.12. The van der Waals surface area contributed by atoms with E-state index >= 15 is 0 Å². The highest BCUT2D eigenvalue weighted by atomic mass is 14.3. The van der Waals surface area contributed by atoms with Gasteiger partial charge >= 0.3 is 0 Å². The molecule has 13 aromatic rings. The SMILES string of the molecule is CC(C)(C)c1cc(-c2ccc3c(c2)c2cccc4c5c(-c6ccccc6)c6c7cccc8cccc(c6c(-c6ccccc6-c6ccccc6)c5cc3c24)c87)c2cc(C(C)(C)C)ccc2c1. The number of rotatable bonds is 4. The minimum Gasteiger partial charge on any atom is -0.0622 e. The van der Waals surface area contributed by atoms with Crippen LogP contribution in [-0.4, -0.2) is 0 Å². The fraction of sp³-hybridized carbons (Fsp3) is 0.121. The Kier molecular flexibility index (Phi) is 8.24. The number of hydrogen-bond acceptors (Lipinski definition) is 0. The normalized spacial score (nSPS) is 12.7. The van der Waals surface area contributed by atoms with Gasteiger partial charge in [0.25, 0.3) is 0 Å². The molecular formula is C66H50. The maximum Gasteiger partial charge on any atom is -0.000718 e. The lowest BCUT2D eigenvalue weighted by Gasteiger charge is -2.24. The molecule has 0 fully saturated rings. The Bertz CT molecular complexity index is 4070. The van der Waals surface area contributed by atoms with Crippen molar-refractivity contribution in [3.8, 4) is 44.5 Å². The minimum absolute atomic E-state index is 0.00389. The molecule has 0 heteroatoms. The fourth-order valence-corrected chi connectivity index (χ4v) is 11.6. The Morgan fingerprint density at radius 1 is 0.242 bits per heavy atom. The molecule has 0 amide bonds. The summed E-state index contributed by atoms with van der Waals surface area (Å²) < 4.78 is 0. The minimum atomic E-state index is 0.00389. The maximum absolute atomic E-state index is 2.57. The molecule has 0 saturated carbocycles. The van der Waals surface area contributed by atoms with Gasteiger partial charge in [-0.05, 0) is 171 Å². The molecule has 0 heterocycles. The van der Waals surface area contributed by atoms with E-state index in [1.54, 1.807) is 0 Å². The van der Waals surface area contributed by atoms with Crippen LogP contribution in [0, 0.1) is 0 Å². The van der Waals surface area contributed by atoms with Gasteiger partial charge in [-0.15, -0.1) is 0 Å². The maximum atomic E-state index is 2.57. The highest BCUT2D eigenvalue weighted by Gasteiger charge is 2.28. The van der Waals surface area contributed by atoms with Crippen LogP contribution < -0.4 is 0 Å². The molecule has 0 aromatic heterocycles. The zero-order valence-electron chi connectivity index (χ0n) is 38.5. The molecule has 0 bridgehead atoms. The van der Waals surface area contributed by atoms with Crippen molar-refractivity contribution in [1.82, 2.24) is 0 Å². The summed E-state index contributed by atoms with van der Waals surface area (Å²) in [6.07, 6.45) is 0. The van der Waals surface area contributed by atoms with E-state index in [1.165, 1.54) is 142 Å². The van der Waals surface area contributed by atoms with Crippen molar-refractivity contribution >= 4 is 86.2 Å². The van der Waals surface area contributed by atoms with Crippen molar-refractivity contribution in [1.29, 1.82) is 0 Å². The molecule has 0 N–H and O–H groups in total. The molecular weight excluding hydrogens is 793 g/mol. The standard InChI is InChI=1S/C66H50/c1-65(2,3)44-32-30-42-34-45(66(4,5)6)37-54(53(42)36-44)43-31-33-47-55(35-43)49-26-17-29-52-60(49)56(47)38-57-61(48-25-14-13-24-46(48)39-18-9-7-10-19-39)64-51-28-16-23-40-22-15-27-50(58(40)51)63(64)59(62(52)57)41-20-11-8-12-21-41/h7-38H,1-6H3. The van der Waals surface area contributed by atoms with Crippen LogP contribution in [0.1, 0.15) is 52.7 Å². The Morgan fingerprint density at radius 2 is 0.848 bits per heavy atom. The van der Waals surface area contributed by atoms with Crippen LogP contribution in [0.25, 0.3) is 131 Å². The van der Waals surface area contributed by atoms with E-state index in [2.05, 4.69) is 236 Å². The van der Waals surface area contributed by atoms with Crippen LogP contribution in [0.15, 0.2) is 194 Å². The van der Waals surface area contributed by atoms with Crippen LogP contribution in [-0.2, 0) is 10.8 Å². The zero-order valence-corrected chi connectivity index (χ0v) is 38.5. The topological polar surface area (TPSA) is 0 Å². The Labute approximate surface area is 386 Å². The summed E-state index contributed by atoms with van der Waals surface area (Å²) in [5.74, 6) is 0. The van der Waals surface area contributed by atoms with E-state index < -0.39 is 0 Å². The summed E-state index contributed by atoms with van der Waals surface area (Å²) in [4.78, 5) is 0. The monoisotopic (exact) mass is 842 g/mol. The second-order valence-electron chi connectivity index (χ2n) is 20.8. The number of fused-ring (bicyclic) bond motifs is 9. The van der Waals surface area contributed by atoms with Gasteiger partial charge in [0.05, 0.1) is 0 Å². The summed E-state index contributed by atoms with van der Waals surface area (Å²) in [6.45, 7) is 13.9. The molecule has 0 radical (unpaired) electrons. The second-order valence-corrected chi connectivity index (χ2v) is 20.8. The van der Waals surface area contributed by atoms with Crippen LogP contribution in [0.4, 0.5) is 0 Å². The molecule has 0 nitrogen and oxygen atoms in total. The third kappa shape index (κ3) is 5.64. The second kappa shape index (κ2) is 14.0. The summed E-state index contributed by atoms with van der Waals surface area (Å²) in [5.41, 5.74) is 12.9. The first-order valence-corrected chi connectivity index (χ1v) is 23.6. The van der Waals surface area contributed by atoms with E-state index in [-0.39, 0.29) is 10.8 Å². The Morgan fingerprint density at radius 3 is 1.55 bits per heavy atom. The molecule has 0 aliphatic carbocycles. The van der Waals surface area contributed by atoms with E-state index in [4.69, 9.17) is 0 Å². The lowest BCUT2D eigenvalue weighted by atomic mass is 9.81. The van der Waals surface area contributed by atoms with Gasteiger partial charge in [0.1, 0.15) is 0 Å². The van der Waals surface area contributed by atoms with Crippen molar-refractivity contribution in [2.45, 2.75) is 52.4 Å². The summed E-state index contributed by atoms with van der Waals surface area (Å²) >= 11 is 0. The van der Waals surface area contributed by atoms with E-state index in [9.17, 15) is 0 Å². The van der Waals surface area contributed by atoms with Crippen molar-refractivity contribution in [3.63, 3.8) is 0 Å². The molecule has 0 aliphatic rings. The van der Waals surface area contributed by atoms with Gasteiger partial charge in [-0.25, -0.2) is 0 Å². The molecule has 0 spiro atoms. The lowest BCUT2D eigenvalue weighted by molar-refractivity contribution is 0.589. The van der Waals surface area contributed by atoms with E-state index in [1.807, 2.05) is 0 Å². The van der Waals surface area contributed by atoms with Gasteiger partial charge in [-0.1, -0.05) is 217 Å². The summed E-state index contributed by atoms with van der Waals surface area (Å²) in [5, 5.41) is 21.0. The molecule has 314 valence electrons. The molecule has 66 heavy (non-hydrogen) atoms. The van der Waals surface area contributed by atoms with Crippen LogP contribution in [0.5, 0.6) is 0 Å². The third-order valence-electron chi connectivity index (χ3n) is 14.8. The summed E-state index contributed by atoms with van der Waals surface area (Å²) in [7, 11) is 0. The highest BCUT2D eigenvalue weighted by Crippen LogP contribution is 2.56. The summed E-state index contributed by atoms with van der Waals surface area (Å²) in [6, 6.07) is 74.0. The zero-order chi connectivity index (χ0) is 44.6. The van der Waals surface area contributed by atoms with Gasteiger partial charge in [-0.3, -0.25) is 0 Å². The predicted molar refractivity (Wildman–Crippen MR) is 288 cm³/mol.